The molecule has 0 amide bonds. The maximum Gasteiger partial charge on any atom is 0.337 e. The molecule has 1 aliphatic heterocycles. The molecule has 1 aliphatic rings. The van der Waals surface area contributed by atoms with Gasteiger partial charge in [-0.3, -0.25) is 0 Å². The number of carbonyl (C=O) groups is 1. The van der Waals surface area contributed by atoms with Crippen LogP contribution in [0.25, 0.3) is 0 Å². The van der Waals surface area contributed by atoms with Gasteiger partial charge >= 0.3 is 5.97 Å². The highest BCUT2D eigenvalue weighted by atomic mass is 79.9. The number of aromatic hydroxyl groups is 1. The van der Waals surface area contributed by atoms with Crippen LogP contribution in [0.4, 0.5) is 10.1 Å². The summed E-state index contributed by atoms with van der Waals surface area (Å²) >= 11 is 3.37. The fourth-order valence-corrected chi connectivity index (χ4v) is 4.13. The lowest BCUT2D eigenvalue weighted by molar-refractivity contribution is 0.0601. The van der Waals surface area contributed by atoms with E-state index in [2.05, 4.69) is 38.4 Å². The average Bonchev–Trinajstić information content (AvgIpc) is 2.84. The van der Waals surface area contributed by atoms with Crippen LogP contribution in [0.5, 0.6) is 5.75 Å². The molecule has 3 aromatic carbocycles. The van der Waals surface area contributed by atoms with Gasteiger partial charge in [0.15, 0.2) is 5.96 Å². The van der Waals surface area contributed by atoms with E-state index in [0.717, 1.165) is 10.9 Å². The van der Waals surface area contributed by atoms with Crippen LogP contribution in [0.1, 0.15) is 27.0 Å². The number of hydrogen-bond acceptors (Lipinski definition) is 4. The predicted molar refractivity (Wildman–Crippen MR) is 129 cm³/mol. The van der Waals surface area contributed by atoms with Gasteiger partial charge in [0, 0.05) is 23.1 Å². The van der Waals surface area contributed by atoms with E-state index in [4.69, 9.17) is 4.74 Å². The van der Waals surface area contributed by atoms with Gasteiger partial charge in [0.1, 0.15) is 11.6 Å². The minimum absolute atomic E-state index is 0.0404. The van der Waals surface area contributed by atoms with E-state index in [0.29, 0.717) is 35.9 Å². The first-order valence-corrected chi connectivity index (χ1v) is 11.2. The van der Waals surface area contributed by atoms with Crippen LogP contribution in [0.3, 0.4) is 0 Å². The SMILES string of the molecule is COC(=O)c1ccc(O)c(NC(=NCc2cc(Br)ccc2F)N2CCc3ccccc3C2)c1. The van der Waals surface area contributed by atoms with Gasteiger partial charge < -0.3 is 20.1 Å². The first-order valence-electron chi connectivity index (χ1n) is 10.4. The smallest absolute Gasteiger partial charge is 0.337 e. The number of guanidine groups is 1. The van der Waals surface area contributed by atoms with Gasteiger partial charge in [-0.15, -0.1) is 0 Å². The van der Waals surface area contributed by atoms with E-state index in [-0.39, 0.29) is 18.1 Å². The number of aliphatic imine (C=N–C) groups is 1. The van der Waals surface area contributed by atoms with Gasteiger partial charge in [-0.2, -0.15) is 0 Å². The second-order valence-electron chi connectivity index (χ2n) is 7.66. The molecule has 0 saturated heterocycles. The number of nitrogens with one attached hydrogen (secondary N) is 1. The van der Waals surface area contributed by atoms with Crippen molar-refractivity contribution in [2.75, 3.05) is 19.0 Å². The number of nitrogens with zero attached hydrogens (tertiary/aromatic N) is 2. The lowest BCUT2D eigenvalue weighted by Gasteiger charge is -2.32. The maximum atomic E-state index is 14.3. The molecular weight excluding hydrogens is 489 g/mol. The standard InChI is InChI=1S/C25H23BrFN3O3/c1-33-24(32)17-6-9-23(31)22(13-17)29-25(28-14-19-12-20(26)7-8-21(19)27)30-11-10-16-4-2-3-5-18(16)15-30/h2-9,12-13,31H,10-11,14-15H2,1H3,(H,28,29). The van der Waals surface area contributed by atoms with Crippen molar-refractivity contribution in [2.24, 2.45) is 4.99 Å². The number of anilines is 1. The van der Waals surface area contributed by atoms with E-state index in [9.17, 15) is 14.3 Å². The summed E-state index contributed by atoms with van der Waals surface area (Å²) in [5, 5.41) is 13.6. The average molecular weight is 512 g/mol. The zero-order valence-electron chi connectivity index (χ0n) is 18.0. The third kappa shape index (κ3) is 5.34. The van der Waals surface area contributed by atoms with E-state index in [1.54, 1.807) is 12.1 Å². The molecule has 8 heteroatoms. The molecule has 170 valence electrons. The number of ether oxygens (including phenoxy) is 1. The third-order valence-electron chi connectivity index (χ3n) is 5.50. The van der Waals surface area contributed by atoms with Crippen molar-refractivity contribution in [3.63, 3.8) is 0 Å². The molecule has 4 rings (SSSR count). The largest absolute Gasteiger partial charge is 0.506 e. The number of halogens is 2. The zero-order valence-corrected chi connectivity index (χ0v) is 19.6. The second-order valence-corrected chi connectivity index (χ2v) is 8.58. The summed E-state index contributed by atoms with van der Waals surface area (Å²) in [4.78, 5) is 18.7. The molecule has 0 aromatic heterocycles. The molecule has 0 saturated carbocycles. The van der Waals surface area contributed by atoms with Crippen LogP contribution in [0, 0.1) is 5.82 Å². The maximum absolute atomic E-state index is 14.3. The highest BCUT2D eigenvalue weighted by molar-refractivity contribution is 9.10. The monoisotopic (exact) mass is 511 g/mol. The summed E-state index contributed by atoms with van der Waals surface area (Å²) in [6.07, 6.45) is 0.830. The lowest BCUT2D eigenvalue weighted by Crippen LogP contribution is -2.40. The van der Waals surface area contributed by atoms with Gasteiger partial charge in [-0.25, -0.2) is 14.2 Å². The third-order valence-corrected chi connectivity index (χ3v) is 5.99. The van der Waals surface area contributed by atoms with Crippen molar-refractivity contribution in [2.45, 2.75) is 19.5 Å². The fraction of sp³-hybridized carbons (Fsp3) is 0.200. The molecule has 0 radical (unpaired) electrons. The topological polar surface area (TPSA) is 74.2 Å². The van der Waals surface area contributed by atoms with Crippen LogP contribution < -0.4 is 5.32 Å². The lowest BCUT2D eigenvalue weighted by atomic mass is 10.0. The van der Waals surface area contributed by atoms with E-state index in [1.165, 1.54) is 42.5 Å². The van der Waals surface area contributed by atoms with Gasteiger partial charge in [0.2, 0.25) is 0 Å². The molecule has 0 fully saturated rings. The number of fused-ring (bicyclic) bond motifs is 1. The quantitative estimate of drug-likeness (QED) is 0.220. The number of carbonyl (C=O) groups excluding carboxylic acids is 1. The molecule has 0 unspecified atom stereocenters. The number of rotatable bonds is 4. The Labute approximate surface area is 199 Å². The fourth-order valence-electron chi connectivity index (χ4n) is 3.72. The zero-order chi connectivity index (χ0) is 23.4. The van der Waals surface area contributed by atoms with Crippen LogP contribution in [-0.4, -0.2) is 35.6 Å². The number of methoxy groups -OCH3 is 1. The van der Waals surface area contributed by atoms with Crippen molar-refractivity contribution in [1.29, 1.82) is 0 Å². The Morgan fingerprint density at radius 1 is 1.18 bits per heavy atom. The number of hydrogen-bond donors (Lipinski definition) is 2. The van der Waals surface area contributed by atoms with Crippen molar-refractivity contribution in [3.05, 3.63) is 93.2 Å². The number of phenolic OH excluding ortho intramolecular Hbond substituents is 1. The van der Waals surface area contributed by atoms with E-state index < -0.39 is 5.97 Å². The minimum atomic E-state index is -0.514. The van der Waals surface area contributed by atoms with E-state index in [1.807, 2.05) is 17.0 Å². The Bertz CT molecular complexity index is 1220. The van der Waals surface area contributed by atoms with E-state index >= 15 is 0 Å². The van der Waals surface area contributed by atoms with Crippen molar-refractivity contribution in [1.82, 2.24) is 4.90 Å². The number of esters is 1. The van der Waals surface area contributed by atoms with Crippen molar-refractivity contribution >= 4 is 33.5 Å². The molecule has 0 aliphatic carbocycles. The Balaban J connectivity index is 1.67. The summed E-state index contributed by atoms with van der Waals surface area (Å²) < 4.78 is 19.9. The molecular formula is C25H23BrFN3O3. The highest BCUT2D eigenvalue weighted by Crippen LogP contribution is 2.27. The van der Waals surface area contributed by atoms with Crippen LogP contribution in [0.15, 0.2) is 70.1 Å². The Hall–Kier alpha value is -3.39. The molecule has 3 aromatic rings. The number of phenols is 1. The van der Waals surface area contributed by atoms with Crippen LogP contribution in [0.2, 0.25) is 0 Å². The van der Waals surface area contributed by atoms with Gasteiger partial charge in [0.05, 0.1) is 24.9 Å². The summed E-state index contributed by atoms with van der Waals surface area (Å²) in [6, 6.07) is 17.3. The number of benzene rings is 3. The summed E-state index contributed by atoms with van der Waals surface area (Å²) in [6.45, 7) is 1.41. The Morgan fingerprint density at radius 2 is 1.97 bits per heavy atom. The summed E-state index contributed by atoms with van der Waals surface area (Å²) in [5.74, 6) is -0.428. The van der Waals surface area contributed by atoms with Crippen molar-refractivity contribution < 1.29 is 19.0 Å². The second kappa shape index (κ2) is 10.0. The summed E-state index contributed by atoms with van der Waals surface area (Å²) in [7, 11) is 1.30. The van der Waals surface area contributed by atoms with Gasteiger partial charge in [-0.1, -0.05) is 40.2 Å². The minimum Gasteiger partial charge on any atom is -0.506 e. The molecule has 6 nitrogen and oxygen atoms in total. The first kappa shape index (κ1) is 22.8. The predicted octanol–water partition coefficient (Wildman–Crippen LogP) is 5.11. The molecule has 1 heterocycles. The Kier molecular flexibility index (Phi) is 6.93. The van der Waals surface area contributed by atoms with Gasteiger partial charge in [-0.05, 0) is 53.9 Å². The van der Waals surface area contributed by atoms with Crippen LogP contribution >= 0.6 is 15.9 Å². The van der Waals surface area contributed by atoms with Crippen LogP contribution in [-0.2, 0) is 24.2 Å². The molecule has 0 spiro atoms. The van der Waals surface area contributed by atoms with Crippen molar-refractivity contribution in [3.8, 4) is 5.75 Å². The Morgan fingerprint density at radius 3 is 2.76 bits per heavy atom. The highest BCUT2D eigenvalue weighted by Gasteiger charge is 2.21. The van der Waals surface area contributed by atoms with Gasteiger partial charge in [0.25, 0.3) is 0 Å². The summed E-state index contributed by atoms with van der Waals surface area (Å²) in [5.41, 5.74) is 3.50. The molecule has 33 heavy (non-hydrogen) atoms. The molecule has 0 atom stereocenters. The first-order chi connectivity index (χ1) is 15.9. The normalized spacial score (nSPS) is 13.4. The molecule has 0 bridgehead atoms. The molecule has 2 N–H and O–H groups in total.